The fourth-order valence-corrected chi connectivity index (χ4v) is 3.39. The lowest BCUT2D eigenvalue weighted by atomic mass is 10.2. The summed E-state index contributed by atoms with van der Waals surface area (Å²) < 4.78 is 50.3. The Kier molecular flexibility index (Phi) is 7.11. The molecule has 1 aliphatic rings. The number of esters is 1. The number of urea groups is 1. The molecule has 0 radical (unpaired) electrons. The van der Waals surface area contributed by atoms with E-state index < -0.39 is 23.9 Å². The molecule has 0 aliphatic carbocycles. The van der Waals surface area contributed by atoms with E-state index in [2.05, 4.69) is 19.5 Å². The average molecular weight is 434 g/mol. The number of anilines is 1. The topological polar surface area (TPSA) is 93.1 Å². The number of aliphatic imine (C=N–C) groups is 1. The van der Waals surface area contributed by atoms with Gasteiger partial charge >= 0.3 is 23.9 Å². The van der Waals surface area contributed by atoms with E-state index in [4.69, 9.17) is 0 Å². The average Bonchev–Trinajstić information content (AvgIpc) is 3.04. The van der Waals surface area contributed by atoms with Gasteiger partial charge in [-0.2, -0.15) is 13.2 Å². The van der Waals surface area contributed by atoms with Crippen molar-refractivity contribution in [2.45, 2.75) is 37.9 Å². The summed E-state index contributed by atoms with van der Waals surface area (Å²) in [4.78, 5) is 34.4. The minimum atomic E-state index is -5.28. The van der Waals surface area contributed by atoms with Gasteiger partial charge in [-0.25, -0.2) is 19.5 Å². The molecule has 1 aliphatic heterocycles. The Morgan fingerprint density at radius 1 is 1.38 bits per heavy atom. The highest BCUT2D eigenvalue weighted by Crippen LogP contribution is 2.34. The highest BCUT2D eigenvalue weighted by molar-refractivity contribution is 8.15. The third-order valence-corrected chi connectivity index (χ3v) is 4.91. The fraction of sp³-hybridized carbons (Fsp3) is 0.529. The van der Waals surface area contributed by atoms with Gasteiger partial charge in [0.05, 0.1) is 13.2 Å². The Hall–Kier alpha value is -2.34. The minimum absolute atomic E-state index is 0.0185. The van der Waals surface area contributed by atoms with Crippen molar-refractivity contribution in [3.63, 3.8) is 0 Å². The van der Waals surface area contributed by atoms with Crippen molar-refractivity contribution in [1.82, 2.24) is 10.3 Å². The molecule has 2 rings (SSSR count). The second-order valence-electron chi connectivity index (χ2n) is 6.06. The fourth-order valence-electron chi connectivity index (χ4n) is 2.45. The number of nitrogens with zero attached hydrogens (tertiary/aromatic N) is 3. The molecule has 160 valence electrons. The maximum Gasteiger partial charge on any atom is 0.448 e. The van der Waals surface area contributed by atoms with Crippen LogP contribution in [0.5, 0.6) is 0 Å². The first kappa shape index (κ1) is 22.9. The molecule has 0 saturated carbocycles. The zero-order valence-corrected chi connectivity index (χ0v) is 17.1. The molecule has 2 amide bonds. The summed E-state index contributed by atoms with van der Waals surface area (Å²) >= 11 is 1.20. The van der Waals surface area contributed by atoms with Crippen LogP contribution in [0.1, 0.15) is 19.5 Å². The molecule has 2 atom stereocenters. The Morgan fingerprint density at radius 3 is 2.55 bits per heavy atom. The molecule has 0 saturated heterocycles. The Balaban J connectivity index is 2.47. The zero-order valence-electron chi connectivity index (χ0n) is 16.2. The van der Waals surface area contributed by atoms with Crippen LogP contribution in [0, 0.1) is 6.92 Å². The standard InChI is InChI=1S/C17H21F3N4O4S/c1-5-28-13(25)16(27-4,17(18,19)20)23-14(26)24(15-21-9-11(3)29-15)12-8-6-7-10(2)22-12/h6-8,11H,5,9H2,1-4H3,(H,23,26). The number of carbonyl (C=O) groups excluding carboxylic acids is 2. The van der Waals surface area contributed by atoms with E-state index in [0.29, 0.717) is 19.3 Å². The SMILES string of the molecule is CCOC(=O)C(NC(=O)N(C1=NCC(C)S1)c1cccc(C)n1)(OC)C(F)(F)F. The maximum absolute atomic E-state index is 13.8. The van der Waals surface area contributed by atoms with Crippen molar-refractivity contribution in [3.05, 3.63) is 23.9 Å². The van der Waals surface area contributed by atoms with Gasteiger partial charge in [-0.15, -0.1) is 0 Å². The molecule has 2 heterocycles. The van der Waals surface area contributed by atoms with Crippen molar-refractivity contribution < 1.29 is 32.2 Å². The molecule has 1 aromatic heterocycles. The Labute approximate surface area is 169 Å². The third kappa shape index (κ3) is 4.81. The molecule has 0 spiro atoms. The molecule has 0 aromatic carbocycles. The minimum Gasteiger partial charge on any atom is -0.462 e. The van der Waals surface area contributed by atoms with Gasteiger partial charge in [-0.05, 0) is 26.0 Å². The van der Waals surface area contributed by atoms with Crippen molar-refractivity contribution in [2.24, 2.45) is 4.99 Å². The van der Waals surface area contributed by atoms with Crippen LogP contribution in [-0.4, -0.2) is 59.6 Å². The number of amidine groups is 1. The van der Waals surface area contributed by atoms with Crippen LogP contribution in [0.15, 0.2) is 23.2 Å². The van der Waals surface area contributed by atoms with Gasteiger partial charge < -0.3 is 9.47 Å². The smallest absolute Gasteiger partial charge is 0.448 e. The number of carbonyl (C=O) groups is 2. The number of ether oxygens (including phenoxy) is 2. The molecule has 1 N–H and O–H groups in total. The molecule has 8 nitrogen and oxygen atoms in total. The first-order valence-electron chi connectivity index (χ1n) is 8.61. The maximum atomic E-state index is 13.8. The van der Waals surface area contributed by atoms with Gasteiger partial charge in [0.25, 0.3) is 0 Å². The highest BCUT2D eigenvalue weighted by atomic mass is 32.2. The highest BCUT2D eigenvalue weighted by Gasteiger charge is 2.65. The van der Waals surface area contributed by atoms with Gasteiger partial charge in [0.15, 0.2) is 5.17 Å². The van der Waals surface area contributed by atoms with Gasteiger partial charge in [-0.3, -0.25) is 10.3 Å². The van der Waals surface area contributed by atoms with Crippen molar-refractivity contribution in [2.75, 3.05) is 25.2 Å². The van der Waals surface area contributed by atoms with E-state index in [0.717, 1.165) is 4.90 Å². The summed E-state index contributed by atoms with van der Waals surface area (Å²) in [6.45, 7) is 4.90. The number of aryl methyl sites for hydroxylation is 1. The third-order valence-electron chi connectivity index (χ3n) is 3.84. The second-order valence-corrected chi connectivity index (χ2v) is 7.46. The van der Waals surface area contributed by atoms with Crippen LogP contribution >= 0.6 is 11.8 Å². The number of nitrogens with one attached hydrogen (secondary N) is 1. The van der Waals surface area contributed by atoms with E-state index in [-0.39, 0.29) is 22.8 Å². The summed E-state index contributed by atoms with van der Waals surface area (Å²) in [5.74, 6) is -1.73. The second kappa shape index (κ2) is 8.99. The van der Waals surface area contributed by atoms with Gasteiger partial charge in [0.2, 0.25) is 0 Å². The van der Waals surface area contributed by atoms with Crippen molar-refractivity contribution in [1.29, 1.82) is 0 Å². The van der Waals surface area contributed by atoms with Gasteiger partial charge in [-0.1, -0.05) is 24.8 Å². The first-order chi connectivity index (χ1) is 13.6. The lowest BCUT2D eigenvalue weighted by molar-refractivity contribution is -0.276. The van der Waals surface area contributed by atoms with Crippen molar-refractivity contribution in [3.8, 4) is 0 Å². The molecule has 12 heteroatoms. The van der Waals surface area contributed by atoms with Crippen LogP contribution in [-0.2, 0) is 14.3 Å². The number of rotatable bonds is 5. The van der Waals surface area contributed by atoms with E-state index in [9.17, 15) is 22.8 Å². The Bertz CT molecular complexity index is 805. The molecule has 1 aromatic rings. The summed E-state index contributed by atoms with van der Waals surface area (Å²) in [6.07, 6.45) is -5.28. The normalized spacial score (nSPS) is 18.6. The van der Waals surface area contributed by atoms with E-state index >= 15 is 0 Å². The quantitative estimate of drug-likeness (QED) is 0.566. The molecule has 0 bridgehead atoms. The van der Waals surface area contributed by atoms with E-state index in [1.54, 1.807) is 24.4 Å². The molecule has 0 fully saturated rings. The number of methoxy groups -OCH3 is 1. The number of hydrogen-bond acceptors (Lipinski definition) is 7. The van der Waals surface area contributed by atoms with Gasteiger partial charge in [0, 0.05) is 18.1 Å². The molecule has 29 heavy (non-hydrogen) atoms. The number of halogens is 3. The summed E-state index contributed by atoms with van der Waals surface area (Å²) in [5, 5.41) is 1.82. The lowest BCUT2D eigenvalue weighted by Gasteiger charge is -2.34. The van der Waals surface area contributed by atoms with Crippen LogP contribution in [0.25, 0.3) is 0 Å². The van der Waals surface area contributed by atoms with E-state index in [1.165, 1.54) is 24.8 Å². The van der Waals surface area contributed by atoms with Crippen LogP contribution in [0.4, 0.5) is 23.8 Å². The van der Waals surface area contributed by atoms with Gasteiger partial charge in [0.1, 0.15) is 5.82 Å². The number of amides is 2. The number of hydrogen-bond donors (Lipinski definition) is 1. The molecule has 2 unspecified atom stereocenters. The number of aromatic nitrogens is 1. The number of alkyl halides is 3. The molecular weight excluding hydrogens is 413 g/mol. The summed E-state index contributed by atoms with van der Waals surface area (Å²) in [5.41, 5.74) is -3.14. The molecular formula is C17H21F3N4O4S. The largest absolute Gasteiger partial charge is 0.462 e. The first-order valence-corrected chi connectivity index (χ1v) is 9.49. The Morgan fingerprint density at radius 2 is 2.07 bits per heavy atom. The monoisotopic (exact) mass is 434 g/mol. The lowest BCUT2D eigenvalue weighted by Crippen LogP contribution is -2.68. The van der Waals surface area contributed by atoms with Crippen LogP contribution in [0.2, 0.25) is 0 Å². The van der Waals surface area contributed by atoms with Crippen LogP contribution < -0.4 is 10.2 Å². The predicted octanol–water partition coefficient (Wildman–Crippen LogP) is 2.87. The summed E-state index contributed by atoms with van der Waals surface area (Å²) in [6, 6.07) is 3.43. The number of thioether (sulfide) groups is 1. The predicted molar refractivity (Wildman–Crippen MR) is 102 cm³/mol. The summed E-state index contributed by atoms with van der Waals surface area (Å²) in [7, 11) is 0.657. The van der Waals surface area contributed by atoms with E-state index in [1.807, 2.05) is 6.92 Å². The van der Waals surface area contributed by atoms with Crippen LogP contribution in [0.3, 0.4) is 0 Å². The zero-order chi connectivity index (χ0) is 21.8. The number of pyridine rings is 1. The van der Waals surface area contributed by atoms with Crippen molar-refractivity contribution >= 4 is 34.7 Å².